The van der Waals surface area contributed by atoms with Crippen LogP contribution in [-0.2, 0) is 0 Å². The first-order valence-corrected chi connectivity index (χ1v) is 6.53. The monoisotopic (exact) mass is 341 g/mol. The number of para-hydroxylation sites is 1. The van der Waals surface area contributed by atoms with Crippen molar-refractivity contribution >= 4 is 33.2 Å². The van der Waals surface area contributed by atoms with Gasteiger partial charge in [0, 0.05) is 10.5 Å². The van der Waals surface area contributed by atoms with Crippen LogP contribution in [0.1, 0.15) is 5.56 Å². The van der Waals surface area contributed by atoms with Gasteiger partial charge < -0.3 is 4.74 Å². The van der Waals surface area contributed by atoms with Gasteiger partial charge in [0.2, 0.25) is 5.75 Å². The van der Waals surface area contributed by atoms with Gasteiger partial charge in [-0.15, -0.1) is 0 Å². The maximum Gasteiger partial charge on any atom is 0.311 e. The molecule has 0 fully saturated rings. The quantitative estimate of drug-likeness (QED) is 0.575. The Hall–Kier alpha value is -1.59. The molecule has 0 aromatic heterocycles. The second-order valence-corrected chi connectivity index (χ2v) is 5.18. The summed E-state index contributed by atoms with van der Waals surface area (Å²) in [5.41, 5.74) is 0.585. The van der Waals surface area contributed by atoms with Crippen molar-refractivity contribution in [3.8, 4) is 11.5 Å². The minimum absolute atomic E-state index is 0.0870. The van der Waals surface area contributed by atoms with E-state index in [9.17, 15) is 10.1 Å². The van der Waals surface area contributed by atoms with Crippen molar-refractivity contribution in [1.82, 2.24) is 0 Å². The molecule has 0 aliphatic carbocycles. The lowest BCUT2D eigenvalue weighted by Gasteiger charge is -2.10. The number of nitro groups is 1. The number of ether oxygens (including phenoxy) is 1. The van der Waals surface area contributed by atoms with Crippen LogP contribution in [-0.4, -0.2) is 4.92 Å². The van der Waals surface area contributed by atoms with Gasteiger partial charge in [-0.2, -0.15) is 0 Å². The molecular formula is C13H9BrClNO3. The average Bonchev–Trinajstić information content (AvgIpc) is 2.35. The van der Waals surface area contributed by atoms with E-state index in [-0.39, 0.29) is 11.4 Å². The molecule has 4 nitrogen and oxygen atoms in total. The fourth-order valence-corrected chi connectivity index (χ4v) is 2.08. The second kappa shape index (κ2) is 5.59. The Labute approximate surface area is 123 Å². The highest BCUT2D eigenvalue weighted by molar-refractivity contribution is 9.10. The van der Waals surface area contributed by atoms with Gasteiger partial charge in [0.25, 0.3) is 0 Å². The molecule has 0 aliphatic heterocycles. The van der Waals surface area contributed by atoms with Crippen molar-refractivity contribution in [3.05, 3.63) is 61.6 Å². The van der Waals surface area contributed by atoms with Crippen molar-refractivity contribution in [2.75, 3.05) is 0 Å². The van der Waals surface area contributed by atoms with Crippen LogP contribution in [0.2, 0.25) is 5.02 Å². The summed E-state index contributed by atoms with van der Waals surface area (Å²) in [5, 5.41) is 11.4. The molecule has 0 heterocycles. The summed E-state index contributed by atoms with van der Waals surface area (Å²) in [6.07, 6.45) is 0. The van der Waals surface area contributed by atoms with E-state index in [0.29, 0.717) is 16.3 Å². The third-order valence-corrected chi connectivity index (χ3v) is 3.30. The van der Waals surface area contributed by atoms with Crippen LogP contribution in [0.4, 0.5) is 5.69 Å². The summed E-state index contributed by atoms with van der Waals surface area (Å²) in [5.74, 6) is 0.570. The highest BCUT2D eigenvalue weighted by Crippen LogP contribution is 2.38. The zero-order chi connectivity index (χ0) is 14.0. The highest BCUT2D eigenvalue weighted by Gasteiger charge is 2.18. The second-order valence-electron chi connectivity index (χ2n) is 3.86. The SMILES string of the molecule is Cc1cccc([N+](=O)[O-])c1Oc1cc(Br)ccc1Cl. The van der Waals surface area contributed by atoms with E-state index in [1.165, 1.54) is 6.07 Å². The molecule has 0 saturated heterocycles. The molecule has 0 N–H and O–H groups in total. The molecule has 0 bridgehead atoms. The van der Waals surface area contributed by atoms with Gasteiger partial charge >= 0.3 is 5.69 Å². The molecular weight excluding hydrogens is 334 g/mol. The number of aryl methyl sites for hydroxylation is 1. The fourth-order valence-electron chi connectivity index (χ4n) is 1.58. The van der Waals surface area contributed by atoms with E-state index in [4.69, 9.17) is 16.3 Å². The van der Waals surface area contributed by atoms with Crippen LogP contribution >= 0.6 is 27.5 Å². The lowest BCUT2D eigenvalue weighted by molar-refractivity contribution is -0.385. The lowest BCUT2D eigenvalue weighted by Crippen LogP contribution is -1.96. The molecule has 2 rings (SSSR count). The first-order chi connectivity index (χ1) is 8.99. The fraction of sp³-hybridized carbons (Fsp3) is 0.0769. The maximum absolute atomic E-state index is 11.0. The summed E-state index contributed by atoms with van der Waals surface area (Å²) in [4.78, 5) is 10.5. The van der Waals surface area contributed by atoms with Gasteiger partial charge in [0.05, 0.1) is 9.95 Å². The van der Waals surface area contributed by atoms with Crippen LogP contribution in [0.25, 0.3) is 0 Å². The molecule has 6 heteroatoms. The van der Waals surface area contributed by atoms with E-state index in [0.717, 1.165) is 4.47 Å². The number of hydrogen-bond donors (Lipinski definition) is 0. The first kappa shape index (κ1) is 13.8. The Bertz CT molecular complexity index is 646. The van der Waals surface area contributed by atoms with Crippen LogP contribution in [0, 0.1) is 17.0 Å². The van der Waals surface area contributed by atoms with Crippen LogP contribution in [0.3, 0.4) is 0 Å². The van der Waals surface area contributed by atoms with Crippen LogP contribution in [0.5, 0.6) is 11.5 Å². The van der Waals surface area contributed by atoms with E-state index in [2.05, 4.69) is 15.9 Å². The molecule has 2 aromatic rings. The molecule has 0 saturated carbocycles. The minimum atomic E-state index is -0.478. The topological polar surface area (TPSA) is 52.4 Å². The third kappa shape index (κ3) is 3.05. The van der Waals surface area contributed by atoms with Crippen molar-refractivity contribution in [3.63, 3.8) is 0 Å². The minimum Gasteiger partial charge on any atom is -0.448 e. The molecule has 0 aliphatic rings. The number of benzene rings is 2. The zero-order valence-electron chi connectivity index (χ0n) is 9.89. The first-order valence-electron chi connectivity index (χ1n) is 5.36. The van der Waals surface area contributed by atoms with E-state index in [1.807, 2.05) is 0 Å². The normalized spacial score (nSPS) is 10.3. The Balaban J connectivity index is 2.49. The predicted octanol–water partition coefficient (Wildman–Crippen LogP) is 5.11. The molecule has 0 unspecified atom stereocenters. The summed E-state index contributed by atoms with van der Waals surface area (Å²) >= 11 is 9.32. The molecule has 0 spiro atoms. The standard InChI is InChI=1S/C13H9BrClNO3/c1-8-3-2-4-11(16(17)18)13(8)19-12-7-9(14)5-6-10(12)15/h2-7H,1H3. The molecule has 0 radical (unpaired) electrons. The third-order valence-electron chi connectivity index (χ3n) is 2.49. The van der Waals surface area contributed by atoms with Crippen LogP contribution in [0.15, 0.2) is 40.9 Å². The van der Waals surface area contributed by atoms with Gasteiger partial charge in [-0.25, -0.2) is 0 Å². The Morgan fingerprint density at radius 3 is 2.74 bits per heavy atom. The van der Waals surface area contributed by atoms with Crippen molar-refractivity contribution in [1.29, 1.82) is 0 Å². The van der Waals surface area contributed by atoms with Gasteiger partial charge in [-0.3, -0.25) is 10.1 Å². The summed E-state index contributed by atoms with van der Waals surface area (Å²) in [6, 6.07) is 9.84. The molecule has 0 amide bonds. The number of nitrogens with zero attached hydrogens (tertiary/aromatic N) is 1. The van der Waals surface area contributed by atoms with Crippen molar-refractivity contribution in [2.24, 2.45) is 0 Å². The number of rotatable bonds is 3. The Morgan fingerprint density at radius 1 is 1.32 bits per heavy atom. The molecule has 19 heavy (non-hydrogen) atoms. The van der Waals surface area contributed by atoms with Gasteiger partial charge in [-0.05, 0) is 30.7 Å². The van der Waals surface area contributed by atoms with E-state index in [1.54, 1.807) is 37.3 Å². The summed E-state index contributed by atoms with van der Waals surface area (Å²) in [6.45, 7) is 1.74. The van der Waals surface area contributed by atoms with E-state index < -0.39 is 4.92 Å². The highest BCUT2D eigenvalue weighted by atomic mass is 79.9. The van der Waals surface area contributed by atoms with Crippen molar-refractivity contribution < 1.29 is 9.66 Å². The van der Waals surface area contributed by atoms with Gasteiger partial charge in [0.1, 0.15) is 5.75 Å². The number of nitro benzene ring substituents is 1. The average molecular weight is 343 g/mol. The largest absolute Gasteiger partial charge is 0.448 e. The van der Waals surface area contributed by atoms with Gasteiger partial charge in [-0.1, -0.05) is 39.7 Å². The van der Waals surface area contributed by atoms with Crippen molar-refractivity contribution in [2.45, 2.75) is 6.92 Å². The van der Waals surface area contributed by atoms with E-state index >= 15 is 0 Å². The summed E-state index contributed by atoms with van der Waals surface area (Å²) < 4.78 is 6.39. The Kier molecular flexibility index (Phi) is 4.07. The lowest BCUT2D eigenvalue weighted by atomic mass is 10.2. The Morgan fingerprint density at radius 2 is 2.05 bits per heavy atom. The predicted molar refractivity (Wildman–Crippen MR) is 77.1 cm³/mol. The zero-order valence-corrected chi connectivity index (χ0v) is 12.2. The molecule has 0 atom stereocenters. The van der Waals surface area contributed by atoms with Gasteiger partial charge in [0.15, 0.2) is 0 Å². The molecule has 2 aromatic carbocycles. The number of hydrogen-bond acceptors (Lipinski definition) is 3. The maximum atomic E-state index is 11.0. The molecule has 98 valence electrons. The number of halogens is 2. The van der Waals surface area contributed by atoms with Crippen LogP contribution < -0.4 is 4.74 Å². The summed E-state index contributed by atoms with van der Waals surface area (Å²) in [7, 11) is 0. The smallest absolute Gasteiger partial charge is 0.311 e.